The smallest absolute Gasteiger partial charge is 0.237 e. The van der Waals surface area contributed by atoms with Crippen molar-refractivity contribution in [2.24, 2.45) is 7.05 Å². The van der Waals surface area contributed by atoms with Crippen LogP contribution in [0.15, 0.2) is 65.8 Å². The minimum Gasteiger partial charge on any atom is -0.438 e. The molecule has 0 unspecified atom stereocenters. The number of rotatable bonds is 7. The molecular formula is C30H37N7OS. The lowest BCUT2D eigenvalue weighted by Crippen LogP contribution is -2.44. The van der Waals surface area contributed by atoms with E-state index in [9.17, 15) is 0 Å². The fourth-order valence-corrected chi connectivity index (χ4v) is 5.35. The zero-order valence-electron chi connectivity index (χ0n) is 23.6. The van der Waals surface area contributed by atoms with Crippen LogP contribution in [-0.2, 0) is 12.5 Å². The number of anilines is 2. The van der Waals surface area contributed by atoms with Crippen molar-refractivity contribution >= 4 is 23.6 Å². The van der Waals surface area contributed by atoms with Gasteiger partial charge in [0, 0.05) is 62.3 Å². The highest BCUT2D eigenvalue weighted by atomic mass is 32.2. The molecule has 3 heterocycles. The minimum atomic E-state index is -0.267. The summed E-state index contributed by atoms with van der Waals surface area (Å²) in [4.78, 5) is 15.7. The molecule has 0 bridgehead atoms. The molecule has 39 heavy (non-hydrogen) atoms. The molecule has 1 N–H and O–H groups in total. The van der Waals surface area contributed by atoms with Crippen LogP contribution in [0.2, 0.25) is 0 Å². The summed E-state index contributed by atoms with van der Waals surface area (Å²) >= 11 is 1.43. The summed E-state index contributed by atoms with van der Waals surface area (Å²) < 4.78 is 11.7. The topological polar surface area (TPSA) is 71.3 Å². The molecule has 0 spiro atoms. The fraction of sp³-hybridized carbons (Fsp3) is 0.367. The van der Waals surface area contributed by atoms with Crippen molar-refractivity contribution in [3.63, 3.8) is 0 Å². The Balaban J connectivity index is 1.56. The van der Waals surface area contributed by atoms with Crippen molar-refractivity contribution < 1.29 is 4.74 Å². The third-order valence-electron chi connectivity index (χ3n) is 6.87. The molecule has 0 aliphatic carbocycles. The number of nitrogens with zero attached hydrogens (tertiary/aromatic N) is 6. The van der Waals surface area contributed by atoms with Gasteiger partial charge in [0.2, 0.25) is 11.8 Å². The predicted octanol–water partition coefficient (Wildman–Crippen LogP) is 6.15. The van der Waals surface area contributed by atoms with Gasteiger partial charge in [-0.3, -0.25) is 9.40 Å². The number of hydrogen-bond acceptors (Lipinski definition) is 8. The maximum absolute atomic E-state index is 6.63. The summed E-state index contributed by atoms with van der Waals surface area (Å²) in [6.45, 7) is 12.7. The van der Waals surface area contributed by atoms with Crippen molar-refractivity contribution in [3.05, 3.63) is 72.1 Å². The van der Waals surface area contributed by atoms with E-state index in [1.165, 1.54) is 11.9 Å². The maximum Gasteiger partial charge on any atom is 0.237 e. The molecule has 204 valence electrons. The number of piperazine rings is 1. The van der Waals surface area contributed by atoms with E-state index in [1.54, 1.807) is 4.68 Å². The van der Waals surface area contributed by atoms with Crippen molar-refractivity contribution in [1.29, 1.82) is 0 Å². The lowest BCUT2D eigenvalue weighted by molar-refractivity contribution is 0.312. The molecule has 1 fully saturated rings. The second kappa shape index (κ2) is 11.3. The minimum absolute atomic E-state index is 0.267. The van der Waals surface area contributed by atoms with Crippen molar-refractivity contribution in [2.45, 2.75) is 38.0 Å². The first-order chi connectivity index (χ1) is 18.7. The van der Waals surface area contributed by atoms with Gasteiger partial charge in [-0.25, -0.2) is 4.98 Å². The monoisotopic (exact) mass is 543 g/mol. The van der Waals surface area contributed by atoms with Gasteiger partial charge in [-0.05, 0) is 49.0 Å². The van der Waals surface area contributed by atoms with Gasteiger partial charge in [-0.15, -0.1) is 0 Å². The van der Waals surface area contributed by atoms with Crippen molar-refractivity contribution in [2.75, 3.05) is 42.8 Å². The lowest BCUT2D eigenvalue weighted by Gasteiger charge is -2.34. The molecular weight excluding hydrogens is 506 g/mol. The van der Waals surface area contributed by atoms with E-state index in [1.807, 2.05) is 25.5 Å². The standard InChI is InChI=1S/C30H37N7OS/c1-21-10-7-8-13-25(21)27-26(30(2,3)4)28(33-29(32-27)34-39-24-19-31-36(6)20-24)38-23-12-9-11-22(18-23)37-16-14-35(5)15-17-37/h7-13,18-20H,14-17H2,1-6H3,(H,32,33,34). The molecule has 0 saturated carbocycles. The molecule has 2 aromatic heterocycles. The van der Waals surface area contributed by atoms with Crippen LogP contribution < -0.4 is 14.4 Å². The van der Waals surface area contributed by atoms with Crippen LogP contribution in [0, 0.1) is 6.92 Å². The van der Waals surface area contributed by atoms with Crippen molar-refractivity contribution in [3.8, 4) is 22.9 Å². The molecule has 0 amide bonds. The number of nitrogens with one attached hydrogen (secondary N) is 1. The fourth-order valence-electron chi connectivity index (χ4n) is 4.75. The summed E-state index contributed by atoms with van der Waals surface area (Å²) in [7, 11) is 4.07. The zero-order valence-corrected chi connectivity index (χ0v) is 24.4. The van der Waals surface area contributed by atoms with Crippen LogP contribution in [0.25, 0.3) is 11.3 Å². The molecule has 0 radical (unpaired) electrons. The maximum atomic E-state index is 6.63. The first kappa shape index (κ1) is 27.0. The number of aryl methyl sites for hydroxylation is 2. The first-order valence-electron chi connectivity index (χ1n) is 13.3. The van der Waals surface area contributed by atoms with Crippen LogP contribution in [0.1, 0.15) is 31.9 Å². The van der Waals surface area contributed by atoms with E-state index in [0.717, 1.165) is 64.9 Å². The normalized spacial score (nSPS) is 14.5. The third kappa shape index (κ3) is 6.37. The largest absolute Gasteiger partial charge is 0.438 e. The predicted molar refractivity (Wildman–Crippen MR) is 160 cm³/mol. The quantitative estimate of drug-likeness (QED) is 0.279. The summed E-state index contributed by atoms with van der Waals surface area (Å²) in [6.07, 6.45) is 3.76. The van der Waals surface area contributed by atoms with E-state index in [4.69, 9.17) is 14.7 Å². The van der Waals surface area contributed by atoms with Crippen LogP contribution >= 0.6 is 11.9 Å². The summed E-state index contributed by atoms with van der Waals surface area (Å²) in [5.41, 5.74) is 4.95. The summed E-state index contributed by atoms with van der Waals surface area (Å²) in [5.74, 6) is 1.80. The van der Waals surface area contributed by atoms with Gasteiger partial charge in [0.25, 0.3) is 0 Å². The average Bonchev–Trinajstić information content (AvgIpc) is 3.32. The Morgan fingerprint density at radius 3 is 2.41 bits per heavy atom. The van der Waals surface area contributed by atoms with Crippen molar-refractivity contribution in [1.82, 2.24) is 24.6 Å². The van der Waals surface area contributed by atoms with Gasteiger partial charge in [0.15, 0.2) is 0 Å². The van der Waals surface area contributed by atoms with Gasteiger partial charge in [-0.2, -0.15) is 10.1 Å². The Kier molecular flexibility index (Phi) is 7.81. The summed E-state index contributed by atoms with van der Waals surface area (Å²) in [6, 6.07) is 16.7. The zero-order chi connectivity index (χ0) is 27.6. The first-order valence-corrected chi connectivity index (χ1v) is 14.1. The Morgan fingerprint density at radius 1 is 0.949 bits per heavy atom. The van der Waals surface area contributed by atoms with E-state index in [0.29, 0.717) is 11.8 Å². The van der Waals surface area contributed by atoms with Crippen LogP contribution in [-0.4, -0.2) is 57.9 Å². The third-order valence-corrected chi connectivity index (χ3v) is 7.60. The summed E-state index contributed by atoms with van der Waals surface area (Å²) in [5, 5.41) is 4.26. The van der Waals surface area contributed by atoms with E-state index in [-0.39, 0.29) is 5.41 Å². The van der Waals surface area contributed by atoms with E-state index < -0.39 is 0 Å². The molecule has 5 rings (SSSR count). The highest BCUT2D eigenvalue weighted by molar-refractivity contribution is 8.00. The Bertz CT molecular complexity index is 1440. The van der Waals surface area contributed by atoms with Gasteiger partial charge in [-0.1, -0.05) is 51.1 Å². The van der Waals surface area contributed by atoms with Crippen LogP contribution in [0.5, 0.6) is 11.6 Å². The Morgan fingerprint density at radius 2 is 1.72 bits per heavy atom. The highest BCUT2D eigenvalue weighted by Crippen LogP contribution is 2.41. The van der Waals surface area contributed by atoms with Crippen LogP contribution in [0.4, 0.5) is 11.6 Å². The van der Waals surface area contributed by atoms with Gasteiger partial charge in [0.1, 0.15) is 5.75 Å². The second-order valence-corrected chi connectivity index (χ2v) is 12.0. The highest BCUT2D eigenvalue weighted by Gasteiger charge is 2.29. The molecule has 1 saturated heterocycles. The van der Waals surface area contributed by atoms with Gasteiger partial charge < -0.3 is 14.5 Å². The Labute approximate surface area is 235 Å². The number of hydrogen-bond donors (Lipinski definition) is 1. The lowest BCUT2D eigenvalue weighted by atomic mass is 9.84. The van der Waals surface area contributed by atoms with E-state index in [2.05, 4.69) is 96.8 Å². The molecule has 1 aliphatic rings. The van der Waals surface area contributed by atoms with Gasteiger partial charge >= 0.3 is 0 Å². The number of ether oxygens (including phenoxy) is 1. The number of benzene rings is 2. The number of aromatic nitrogens is 4. The molecule has 2 aromatic carbocycles. The van der Waals surface area contributed by atoms with E-state index >= 15 is 0 Å². The second-order valence-electron chi connectivity index (χ2n) is 11.1. The SMILES string of the molecule is Cc1ccccc1-c1nc(NSc2cnn(C)c2)nc(Oc2cccc(N3CCN(C)CC3)c2)c1C(C)(C)C. The Hall–Kier alpha value is -3.56. The molecule has 8 nitrogen and oxygen atoms in total. The molecule has 0 atom stereocenters. The van der Waals surface area contributed by atoms with Gasteiger partial charge in [0.05, 0.1) is 16.8 Å². The van der Waals surface area contributed by atoms with Crippen LogP contribution in [0.3, 0.4) is 0 Å². The molecule has 9 heteroatoms. The molecule has 4 aromatic rings. The molecule has 1 aliphatic heterocycles. The average molecular weight is 544 g/mol. The number of likely N-dealkylation sites (N-methyl/N-ethyl adjacent to an activating group) is 1.